The summed E-state index contributed by atoms with van der Waals surface area (Å²) in [7, 11) is 3.43. The molecule has 3 nitrogen and oxygen atoms in total. The topological polar surface area (TPSA) is 29.5 Å². The first kappa shape index (κ1) is 13.9. The molecule has 4 heteroatoms. The highest BCUT2D eigenvalue weighted by atomic mass is 32.1. The number of carbonyl (C=O) groups excluding carboxylic acids is 1. The van der Waals surface area contributed by atoms with E-state index in [-0.39, 0.29) is 11.7 Å². The first-order chi connectivity index (χ1) is 7.99. The van der Waals surface area contributed by atoms with Gasteiger partial charge in [-0.25, -0.2) is 0 Å². The second-order valence-electron chi connectivity index (χ2n) is 4.17. The van der Waals surface area contributed by atoms with E-state index in [1.54, 1.807) is 19.1 Å². The van der Waals surface area contributed by atoms with Crippen molar-refractivity contribution in [2.45, 2.75) is 20.4 Å². The van der Waals surface area contributed by atoms with Gasteiger partial charge < -0.3 is 9.64 Å². The zero-order valence-electron chi connectivity index (χ0n) is 10.8. The van der Waals surface area contributed by atoms with Gasteiger partial charge in [-0.15, -0.1) is 0 Å². The molecular weight excluding hydrogens is 234 g/mol. The van der Waals surface area contributed by atoms with E-state index in [0.29, 0.717) is 6.54 Å². The number of thiol groups is 1. The smallest absolute Gasteiger partial charge is 0.232 e. The average Bonchev–Trinajstić information content (AvgIpc) is 2.30. The van der Waals surface area contributed by atoms with Crippen LogP contribution in [-0.2, 0) is 11.3 Å². The molecule has 1 rings (SSSR count). The standard InChI is InChI=1S/C13H19NO2S/c1-9-5-10(2)11(12(6-9)16-4)7-14(3)13(15)8-17/h5-6,17H,7-8H2,1-4H3. The minimum absolute atomic E-state index is 0.00959. The molecule has 0 saturated heterocycles. The molecule has 17 heavy (non-hydrogen) atoms. The molecule has 0 aromatic heterocycles. The van der Waals surface area contributed by atoms with Crippen molar-refractivity contribution in [1.29, 1.82) is 0 Å². The van der Waals surface area contributed by atoms with Gasteiger partial charge in [0.2, 0.25) is 5.91 Å². The Labute approximate surface area is 108 Å². The molecule has 0 atom stereocenters. The van der Waals surface area contributed by atoms with Gasteiger partial charge in [0.05, 0.1) is 12.9 Å². The van der Waals surface area contributed by atoms with E-state index in [1.807, 2.05) is 19.9 Å². The number of methoxy groups -OCH3 is 1. The summed E-state index contributed by atoms with van der Waals surface area (Å²) in [6.45, 7) is 4.61. The van der Waals surface area contributed by atoms with E-state index in [0.717, 1.165) is 22.4 Å². The molecule has 0 radical (unpaired) electrons. The first-order valence-corrected chi connectivity index (χ1v) is 6.11. The molecule has 0 bridgehead atoms. The third-order valence-corrected chi connectivity index (χ3v) is 3.02. The minimum atomic E-state index is 0.00959. The molecule has 0 saturated carbocycles. The summed E-state index contributed by atoms with van der Waals surface area (Å²) < 4.78 is 5.36. The van der Waals surface area contributed by atoms with Gasteiger partial charge in [-0.2, -0.15) is 12.6 Å². The van der Waals surface area contributed by atoms with Crippen LogP contribution in [-0.4, -0.2) is 30.7 Å². The molecule has 0 unspecified atom stereocenters. The predicted molar refractivity (Wildman–Crippen MR) is 72.8 cm³/mol. The highest BCUT2D eigenvalue weighted by Gasteiger charge is 2.13. The highest BCUT2D eigenvalue weighted by Crippen LogP contribution is 2.25. The second kappa shape index (κ2) is 5.96. The Bertz CT molecular complexity index is 418. The number of benzene rings is 1. The van der Waals surface area contributed by atoms with Crippen molar-refractivity contribution in [3.63, 3.8) is 0 Å². The van der Waals surface area contributed by atoms with Crippen LogP contribution < -0.4 is 4.74 Å². The Balaban J connectivity index is 3.01. The van der Waals surface area contributed by atoms with Crippen molar-refractivity contribution in [2.24, 2.45) is 0 Å². The van der Waals surface area contributed by atoms with Gasteiger partial charge in [-0.05, 0) is 31.0 Å². The summed E-state index contributed by atoms with van der Waals surface area (Å²) >= 11 is 3.99. The fraction of sp³-hybridized carbons (Fsp3) is 0.462. The van der Waals surface area contributed by atoms with Gasteiger partial charge in [0, 0.05) is 19.2 Å². The van der Waals surface area contributed by atoms with Gasteiger partial charge in [0.25, 0.3) is 0 Å². The van der Waals surface area contributed by atoms with Gasteiger partial charge in [-0.3, -0.25) is 4.79 Å². The number of aryl methyl sites for hydroxylation is 2. The zero-order valence-corrected chi connectivity index (χ0v) is 11.7. The third kappa shape index (κ3) is 3.40. The van der Waals surface area contributed by atoms with Crippen LogP contribution >= 0.6 is 12.6 Å². The number of carbonyl (C=O) groups is 1. The number of ether oxygens (including phenoxy) is 1. The maximum Gasteiger partial charge on any atom is 0.232 e. The number of nitrogens with zero attached hydrogens (tertiary/aromatic N) is 1. The van der Waals surface area contributed by atoms with Crippen LogP contribution in [0.3, 0.4) is 0 Å². The lowest BCUT2D eigenvalue weighted by molar-refractivity contribution is -0.127. The number of hydrogen-bond donors (Lipinski definition) is 1. The lowest BCUT2D eigenvalue weighted by Crippen LogP contribution is -2.27. The Morgan fingerprint density at radius 1 is 1.41 bits per heavy atom. The molecule has 0 spiro atoms. The summed E-state index contributed by atoms with van der Waals surface area (Å²) in [5, 5.41) is 0. The van der Waals surface area contributed by atoms with E-state index in [4.69, 9.17) is 4.74 Å². The largest absolute Gasteiger partial charge is 0.496 e. The van der Waals surface area contributed by atoms with Crippen molar-refractivity contribution < 1.29 is 9.53 Å². The van der Waals surface area contributed by atoms with Crippen molar-refractivity contribution in [1.82, 2.24) is 4.90 Å². The van der Waals surface area contributed by atoms with Crippen LogP contribution in [0.15, 0.2) is 12.1 Å². The SMILES string of the molecule is COc1cc(C)cc(C)c1CN(C)C(=O)CS. The molecular formula is C13H19NO2S. The second-order valence-corrected chi connectivity index (χ2v) is 4.49. The molecule has 0 aliphatic carbocycles. The van der Waals surface area contributed by atoms with Crippen molar-refractivity contribution >= 4 is 18.5 Å². The average molecular weight is 253 g/mol. The van der Waals surface area contributed by atoms with Crippen LogP contribution in [0.25, 0.3) is 0 Å². The molecule has 1 aromatic rings. The summed E-state index contributed by atoms with van der Waals surface area (Å²) in [5.74, 6) is 1.07. The van der Waals surface area contributed by atoms with Crippen LogP contribution in [0.4, 0.5) is 0 Å². The zero-order chi connectivity index (χ0) is 13.0. The Morgan fingerprint density at radius 2 is 2.06 bits per heavy atom. The van der Waals surface area contributed by atoms with E-state index < -0.39 is 0 Å². The molecule has 0 aliphatic rings. The molecule has 0 N–H and O–H groups in total. The van der Waals surface area contributed by atoms with Gasteiger partial charge in [0.1, 0.15) is 5.75 Å². The van der Waals surface area contributed by atoms with E-state index >= 15 is 0 Å². The molecule has 0 aliphatic heterocycles. The van der Waals surface area contributed by atoms with Crippen LogP contribution in [0.2, 0.25) is 0 Å². The van der Waals surface area contributed by atoms with Gasteiger partial charge in [-0.1, -0.05) is 6.07 Å². The maximum absolute atomic E-state index is 11.5. The molecule has 1 amide bonds. The van der Waals surface area contributed by atoms with E-state index in [2.05, 4.69) is 18.7 Å². The summed E-state index contributed by atoms with van der Waals surface area (Å²) in [6.07, 6.45) is 0. The van der Waals surface area contributed by atoms with E-state index in [1.165, 1.54) is 0 Å². The monoisotopic (exact) mass is 253 g/mol. The van der Waals surface area contributed by atoms with Gasteiger partial charge in [0.15, 0.2) is 0 Å². The van der Waals surface area contributed by atoms with Gasteiger partial charge >= 0.3 is 0 Å². The number of hydrogen-bond acceptors (Lipinski definition) is 3. The van der Waals surface area contributed by atoms with E-state index in [9.17, 15) is 4.79 Å². The maximum atomic E-state index is 11.5. The number of rotatable bonds is 4. The predicted octanol–water partition coefficient (Wildman–Crippen LogP) is 2.20. The molecule has 0 fully saturated rings. The Hall–Kier alpha value is -1.16. The molecule has 0 heterocycles. The lowest BCUT2D eigenvalue weighted by atomic mass is 10.0. The fourth-order valence-corrected chi connectivity index (χ4v) is 2.03. The molecule has 94 valence electrons. The Kier molecular flexibility index (Phi) is 4.87. The lowest BCUT2D eigenvalue weighted by Gasteiger charge is -2.20. The summed E-state index contributed by atoms with van der Waals surface area (Å²) in [4.78, 5) is 13.2. The van der Waals surface area contributed by atoms with Crippen LogP contribution in [0.5, 0.6) is 5.75 Å². The van der Waals surface area contributed by atoms with Crippen molar-refractivity contribution in [2.75, 3.05) is 19.9 Å². The third-order valence-electron chi connectivity index (χ3n) is 2.75. The summed E-state index contributed by atoms with van der Waals surface area (Å²) in [6, 6.07) is 4.08. The fourth-order valence-electron chi connectivity index (χ4n) is 1.79. The van der Waals surface area contributed by atoms with Crippen LogP contribution in [0.1, 0.15) is 16.7 Å². The number of amides is 1. The van der Waals surface area contributed by atoms with Crippen LogP contribution in [0, 0.1) is 13.8 Å². The highest BCUT2D eigenvalue weighted by molar-refractivity contribution is 7.81. The van der Waals surface area contributed by atoms with Crippen molar-refractivity contribution in [3.8, 4) is 5.75 Å². The normalized spacial score (nSPS) is 10.2. The minimum Gasteiger partial charge on any atom is -0.496 e. The first-order valence-electron chi connectivity index (χ1n) is 5.48. The van der Waals surface area contributed by atoms with Crippen molar-refractivity contribution in [3.05, 3.63) is 28.8 Å². The summed E-state index contributed by atoms with van der Waals surface area (Å²) in [5.41, 5.74) is 3.35. The molecule has 1 aromatic carbocycles. The quantitative estimate of drug-likeness (QED) is 0.834. The Morgan fingerprint density at radius 3 is 2.59 bits per heavy atom.